The molecule has 0 aromatic heterocycles. The van der Waals surface area contributed by atoms with Gasteiger partial charge in [-0.1, -0.05) is 11.6 Å². The van der Waals surface area contributed by atoms with Gasteiger partial charge in [0, 0.05) is 37.2 Å². The van der Waals surface area contributed by atoms with Gasteiger partial charge < -0.3 is 20.7 Å². The summed E-state index contributed by atoms with van der Waals surface area (Å²) >= 11 is 6.97. The monoisotopic (exact) mass is 615 g/mol. The van der Waals surface area contributed by atoms with Gasteiger partial charge in [-0.2, -0.15) is 0 Å². The zero-order valence-electron chi connectivity index (χ0n) is 24.4. The SMILES string of the molecule is CN(C)[C@@H]1C(=O)C(C(N)=O)C(=O)[C@@]2(O)C(=O)C3C(=O)c4c(O)cc(CN(CC5CC5)CC5CCOC5)c(Cl)c4C[C@H]3C[C@@H]12. The molecule has 1 aromatic rings. The Hall–Kier alpha value is -2.70. The minimum atomic E-state index is -2.75. The summed E-state index contributed by atoms with van der Waals surface area (Å²) in [7, 11) is 3.11. The number of nitrogens with zero attached hydrogens (tertiary/aromatic N) is 2. The van der Waals surface area contributed by atoms with E-state index in [2.05, 4.69) is 4.90 Å². The van der Waals surface area contributed by atoms with Gasteiger partial charge in [0.1, 0.15) is 5.75 Å². The molecule has 1 aliphatic heterocycles. The Balaban J connectivity index is 1.35. The zero-order valence-corrected chi connectivity index (χ0v) is 25.1. The number of benzene rings is 1. The predicted molar refractivity (Wildman–Crippen MR) is 153 cm³/mol. The second kappa shape index (κ2) is 11.0. The van der Waals surface area contributed by atoms with Crippen LogP contribution >= 0.6 is 11.6 Å². The number of rotatable bonds is 8. The van der Waals surface area contributed by atoms with Crippen molar-refractivity contribution in [1.29, 1.82) is 0 Å². The molecule has 43 heavy (non-hydrogen) atoms. The molecule has 4 fully saturated rings. The molecule has 3 saturated carbocycles. The number of likely N-dealkylation sites (N-methyl/N-ethyl adjacent to an activating group) is 1. The van der Waals surface area contributed by atoms with Crippen LogP contribution in [0.3, 0.4) is 0 Å². The van der Waals surface area contributed by atoms with Gasteiger partial charge in [0.25, 0.3) is 0 Å². The molecule has 6 rings (SSSR count). The molecule has 12 heteroatoms. The number of carbonyl (C=O) groups excluding carboxylic acids is 5. The highest BCUT2D eigenvalue weighted by atomic mass is 35.5. The number of hydrogen-bond acceptors (Lipinski definition) is 10. The number of phenolic OH excluding ortho intramolecular Hbond substituents is 1. The number of Topliss-reactive ketones (excluding diaryl/α,β-unsaturated/α-hetero) is 4. The lowest BCUT2D eigenvalue weighted by Crippen LogP contribution is -2.74. The van der Waals surface area contributed by atoms with Gasteiger partial charge in [0.05, 0.1) is 24.1 Å². The maximum Gasteiger partial charge on any atom is 0.235 e. The Morgan fingerprint density at radius 3 is 2.42 bits per heavy atom. The average molecular weight is 616 g/mol. The quantitative estimate of drug-likeness (QED) is 0.355. The summed E-state index contributed by atoms with van der Waals surface area (Å²) in [6.07, 6.45) is 3.48. The van der Waals surface area contributed by atoms with Gasteiger partial charge >= 0.3 is 0 Å². The number of aromatic hydroxyl groups is 1. The van der Waals surface area contributed by atoms with E-state index >= 15 is 0 Å². The molecule has 0 bridgehead atoms. The first kappa shape index (κ1) is 30.3. The third kappa shape index (κ3) is 4.93. The van der Waals surface area contributed by atoms with Crippen molar-refractivity contribution in [2.24, 2.45) is 41.2 Å². The van der Waals surface area contributed by atoms with Gasteiger partial charge in [-0.3, -0.25) is 33.8 Å². The second-order valence-electron chi connectivity index (χ2n) is 13.4. The largest absolute Gasteiger partial charge is 0.507 e. The molecule has 0 spiro atoms. The topological polar surface area (TPSA) is 168 Å². The van der Waals surface area contributed by atoms with Crippen LogP contribution in [0.2, 0.25) is 5.02 Å². The van der Waals surface area contributed by atoms with E-state index in [4.69, 9.17) is 22.1 Å². The van der Waals surface area contributed by atoms with Crippen LogP contribution in [0.15, 0.2) is 6.07 Å². The molecule has 11 nitrogen and oxygen atoms in total. The van der Waals surface area contributed by atoms with E-state index < -0.39 is 64.4 Å². The van der Waals surface area contributed by atoms with Gasteiger partial charge in [-0.25, -0.2) is 0 Å². The van der Waals surface area contributed by atoms with Gasteiger partial charge in [-0.15, -0.1) is 0 Å². The van der Waals surface area contributed by atoms with E-state index in [-0.39, 0.29) is 24.2 Å². The van der Waals surface area contributed by atoms with E-state index in [0.29, 0.717) is 41.1 Å². The number of carbonyl (C=O) groups is 5. The number of hydrogen-bond donors (Lipinski definition) is 3. The van der Waals surface area contributed by atoms with E-state index in [9.17, 15) is 34.2 Å². The molecular formula is C31H38ClN3O8. The van der Waals surface area contributed by atoms with Crippen molar-refractivity contribution < 1.29 is 38.9 Å². The molecule has 4 N–H and O–H groups in total. The van der Waals surface area contributed by atoms with Crippen LogP contribution in [0.4, 0.5) is 0 Å². The van der Waals surface area contributed by atoms with Crippen LogP contribution in [0, 0.1) is 35.5 Å². The Morgan fingerprint density at radius 2 is 1.81 bits per heavy atom. The molecule has 3 unspecified atom stereocenters. The van der Waals surface area contributed by atoms with E-state index in [1.54, 1.807) is 14.1 Å². The van der Waals surface area contributed by atoms with Crippen LogP contribution in [0.1, 0.15) is 47.2 Å². The highest BCUT2D eigenvalue weighted by Gasteiger charge is 2.69. The molecule has 1 saturated heterocycles. The highest BCUT2D eigenvalue weighted by Crippen LogP contribution is 2.52. The van der Waals surface area contributed by atoms with E-state index in [1.165, 1.54) is 23.8 Å². The maximum absolute atomic E-state index is 14.0. The fourth-order valence-electron chi connectivity index (χ4n) is 8.03. The van der Waals surface area contributed by atoms with Crippen LogP contribution in [0.25, 0.3) is 0 Å². The first-order chi connectivity index (χ1) is 20.3. The third-order valence-corrected chi connectivity index (χ3v) is 10.7. The summed E-state index contributed by atoms with van der Waals surface area (Å²) in [5.41, 5.74) is 3.66. The van der Waals surface area contributed by atoms with Crippen LogP contribution in [-0.4, -0.2) is 101 Å². The summed E-state index contributed by atoms with van der Waals surface area (Å²) in [5.74, 6) is -9.65. The maximum atomic E-state index is 14.0. The third-order valence-electron chi connectivity index (χ3n) is 10.2. The van der Waals surface area contributed by atoms with Crippen molar-refractivity contribution in [3.8, 4) is 5.75 Å². The van der Waals surface area contributed by atoms with Crippen molar-refractivity contribution in [2.45, 2.75) is 50.3 Å². The fraction of sp³-hybridized carbons (Fsp3) is 0.645. The Bertz CT molecular complexity index is 1400. The molecule has 4 aliphatic carbocycles. The van der Waals surface area contributed by atoms with Gasteiger partial charge in [0.2, 0.25) is 5.91 Å². The summed E-state index contributed by atoms with van der Waals surface area (Å²) < 4.78 is 5.57. The van der Waals surface area contributed by atoms with Gasteiger partial charge in [0.15, 0.2) is 34.7 Å². The van der Waals surface area contributed by atoms with Crippen molar-refractivity contribution in [2.75, 3.05) is 40.4 Å². The zero-order chi connectivity index (χ0) is 31.0. The molecule has 1 aromatic carbocycles. The molecule has 5 aliphatic rings. The first-order valence-corrected chi connectivity index (χ1v) is 15.4. The average Bonchev–Trinajstić information content (AvgIpc) is 3.59. The molecule has 7 atom stereocenters. The first-order valence-electron chi connectivity index (χ1n) is 15.0. The number of halogens is 1. The van der Waals surface area contributed by atoms with Crippen molar-refractivity contribution >= 4 is 40.6 Å². The number of nitrogens with two attached hydrogens (primary N) is 1. The van der Waals surface area contributed by atoms with Crippen LogP contribution in [0.5, 0.6) is 5.75 Å². The standard InChI is InChI=1S/C31H38ClN3O8/c1-34(2)25-19-8-16-7-18-22(26(37)21(16)28(39)31(19,42)29(40)23(27(25)38)30(33)41)20(36)9-17(24(18)32)12-35(10-14-3-4-14)11-15-5-6-43-13-15/h9,14-16,19,21,23,25,36,42H,3-8,10-13H2,1-2H3,(H2,33,41)/t15?,16-,19-,21?,23?,25-,31-/m0/s1. The lowest BCUT2D eigenvalue weighted by Gasteiger charge is -2.52. The number of primary amides is 1. The van der Waals surface area contributed by atoms with Crippen molar-refractivity contribution in [3.63, 3.8) is 0 Å². The molecule has 0 radical (unpaired) electrons. The normalized spacial score (nSPS) is 34.0. The minimum Gasteiger partial charge on any atom is -0.507 e. The smallest absolute Gasteiger partial charge is 0.235 e. The Morgan fingerprint density at radius 1 is 1.12 bits per heavy atom. The molecule has 232 valence electrons. The highest BCUT2D eigenvalue weighted by molar-refractivity contribution is 6.34. The van der Waals surface area contributed by atoms with Crippen LogP contribution < -0.4 is 5.73 Å². The summed E-state index contributed by atoms with van der Waals surface area (Å²) in [4.78, 5) is 70.5. The fourth-order valence-corrected chi connectivity index (χ4v) is 8.31. The second-order valence-corrected chi connectivity index (χ2v) is 13.8. The van der Waals surface area contributed by atoms with E-state index in [0.717, 1.165) is 26.1 Å². The van der Waals surface area contributed by atoms with Crippen molar-refractivity contribution in [1.82, 2.24) is 9.80 Å². The summed E-state index contributed by atoms with van der Waals surface area (Å²) in [6, 6.07) is 0.331. The number of ether oxygens (including phenoxy) is 1. The molecular weight excluding hydrogens is 578 g/mol. The number of aliphatic hydroxyl groups is 1. The Kier molecular flexibility index (Phi) is 7.78. The van der Waals surface area contributed by atoms with Gasteiger partial charge in [-0.05, 0) is 81.1 Å². The molecule has 1 heterocycles. The number of fused-ring (bicyclic) bond motifs is 3. The summed E-state index contributed by atoms with van der Waals surface area (Å²) in [6.45, 7) is 3.68. The van der Waals surface area contributed by atoms with E-state index in [1.807, 2.05) is 0 Å². The van der Waals surface area contributed by atoms with Crippen LogP contribution in [-0.2, 0) is 36.9 Å². The number of ketones is 4. The number of amides is 1. The number of phenols is 1. The lowest BCUT2D eigenvalue weighted by molar-refractivity contribution is -0.181. The summed E-state index contributed by atoms with van der Waals surface area (Å²) in [5, 5.41) is 23.2. The van der Waals surface area contributed by atoms with Crippen molar-refractivity contribution in [3.05, 3.63) is 27.8 Å². The Labute approximate surface area is 254 Å². The molecule has 1 amide bonds. The lowest BCUT2D eigenvalue weighted by atomic mass is 9.52. The minimum absolute atomic E-state index is 0.0132. The predicted octanol–water partition coefficient (Wildman–Crippen LogP) is 0.769.